The van der Waals surface area contributed by atoms with Gasteiger partial charge in [-0.2, -0.15) is 0 Å². The summed E-state index contributed by atoms with van der Waals surface area (Å²) >= 11 is 0. The quantitative estimate of drug-likeness (QED) is 0.0411. The summed E-state index contributed by atoms with van der Waals surface area (Å²) in [4.78, 5) is 24.2. The highest BCUT2D eigenvalue weighted by Gasteiger charge is 2.16. The number of carbonyl (C=O) groups excluding carboxylic acids is 2. The molecule has 0 radical (unpaired) electrons. The van der Waals surface area contributed by atoms with Crippen molar-refractivity contribution in [2.24, 2.45) is 0 Å². The molecule has 0 aliphatic heterocycles. The van der Waals surface area contributed by atoms with Crippen molar-refractivity contribution in [3.63, 3.8) is 0 Å². The number of unbranched alkanes of at least 4 members (excludes halogenated alkanes) is 27. The predicted molar refractivity (Wildman–Crippen MR) is 196 cm³/mol. The number of aliphatic hydroxyl groups is 1. The lowest BCUT2D eigenvalue weighted by atomic mass is 10.0. The molecule has 0 saturated carbocycles. The molecule has 0 bridgehead atoms. The minimum absolute atomic E-state index is 0.0614. The van der Waals surface area contributed by atoms with Crippen LogP contribution in [0.4, 0.5) is 0 Å². The Morgan fingerprint density at radius 3 is 1.20 bits per heavy atom. The zero-order valence-corrected chi connectivity index (χ0v) is 30.9. The van der Waals surface area contributed by atoms with Crippen LogP contribution in [0.5, 0.6) is 0 Å². The topological polar surface area (TPSA) is 72.8 Å². The van der Waals surface area contributed by atoms with E-state index in [1.165, 1.54) is 161 Å². The van der Waals surface area contributed by atoms with E-state index in [2.05, 4.69) is 26.0 Å². The lowest BCUT2D eigenvalue weighted by molar-refractivity contribution is -0.161. The lowest BCUT2D eigenvalue weighted by Gasteiger charge is -2.15. The minimum atomic E-state index is -0.766. The van der Waals surface area contributed by atoms with Gasteiger partial charge >= 0.3 is 11.9 Å². The molecule has 0 saturated heterocycles. The van der Waals surface area contributed by atoms with Crippen molar-refractivity contribution in [3.8, 4) is 0 Å². The summed E-state index contributed by atoms with van der Waals surface area (Å²) in [5, 5.41) is 9.55. The van der Waals surface area contributed by atoms with E-state index in [-0.39, 0.29) is 25.2 Å². The third kappa shape index (κ3) is 35.5. The van der Waals surface area contributed by atoms with Crippen molar-refractivity contribution < 1.29 is 24.2 Å². The Balaban J connectivity index is 3.51. The molecule has 0 amide bonds. The van der Waals surface area contributed by atoms with Crippen molar-refractivity contribution in [1.82, 2.24) is 0 Å². The zero-order chi connectivity index (χ0) is 33.6. The van der Waals surface area contributed by atoms with Crippen LogP contribution in [0.15, 0.2) is 12.2 Å². The van der Waals surface area contributed by atoms with Gasteiger partial charge in [0, 0.05) is 12.8 Å². The molecule has 272 valence electrons. The standard InChI is InChI=1S/C41H78O5/c1-3-5-7-9-11-13-15-17-19-20-22-23-25-27-29-31-33-35-40(43)45-38-39(37-42)46-41(44)36-34-32-30-28-26-24-21-18-16-14-12-10-8-6-4-2/h14,16,39,42H,3-13,15,17-38H2,1-2H3/t39-/m0/s1. The number of carbonyl (C=O) groups is 2. The summed E-state index contributed by atoms with van der Waals surface area (Å²) in [7, 11) is 0. The summed E-state index contributed by atoms with van der Waals surface area (Å²) in [5.74, 6) is -0.585. The van der Waals surface area contributed by atoms with Gasteiger partial charge in [-0.25, -0.2) is 0 Å². The van der Waals surface area contributed by atoms with Gasteiger partial charge < -0.3 is 14.6 Å². The molecule has 46 heavy (non-hydrogen) atoms. The number of ether oxygens (including phenoxy) is 2. The maximum atomic E-state index is 12.2. The van der Waals surface area contributed by atoms with Crippen molar-refractivity contribution in [3.05, 3.63) is 12.2 Å². The van der Waals surface area contributed by atoms with E-state index in [1.807, 2.05) is 0 Å². The predicted octanol–water partition coefficient (Wildman–Crippen LogP) is 12.5. The van der Waals surface area contributed by atoms with Crippen LogP contribution in [0.3, 0.4) is 0 Å². The summed E-state index contributed by atoms with van der Waals surface area (Å²) in [6.07, 6.45) is 42.7. The van der Waals surface area contributed by atoms with E-state index < -0.39 is 6.10 Å². The van der Waals surface area contributed by atoms with Crippen molar-refractivity contribution >= 4 is 11.9 Å². The van der Waals surface area contributed by atoms with Crippen molar-refractivity contribution in [1.29, 1.82) is 0 Å². The highest BCUT2D eigenvalue weighted by molar-refractivity contribution is 5.70. The normalized spacial score (nSPS) is 12.2. The van der Waals surface area contributed by atoms with Crippen LogP contribution in [-0.4, -0.2) is 36.4 Å². The van der Waals surface area contributed by atoms with E-state index in [1.54, 1.807) is 0 Å². The van der Waals surface area contributed by atoms with Gasteiger partial charge in [0.05, 0.1) is 6.61 Å². The number of rotatable bonds is 37. The average Bonchev–Trinajstić information content (AvgIpc) is 3.06. The Hall–Kier alpha value is -1.36. The van der Waals surface area contributed by atoms with Gasteiger partial charge in [0.25, 0.3) is 0 Å². The Kier molecular flexibility index (Phi) is 37.0. The third-order valence-corrected chi connectivity index (χ3v) is 9.06. The van der Waals surface area contributed by atoms with Crippen molar-refractivity contribution in [2.75, 3.05) is 13.2 Å². The maximum absolute atomic E-state index is 12.2. The highest BCUT2D eigenvalue weighted by atomic mass is 16.6. The van der Waals surface area contributed by atoms with E-state index in [0.29, 0.717) is 12.8 Å². The minimum Gasteiger partial charge on any atom is -0.462 e. The molecule has 0 aliphatic rings. The van der Waals surface area contributed by atoms with Crippen LogP contribution in [0, 0.1) is 0 Å². The van der Waals surface area contributed by atoms with E-state index in [4.69, 9.17) is 9.47 Å². The van der Waals surface area contributed by atoms with Crippen LogP contribution < -0.4 is 0 Å². The van der Waals surface area contributed by atoms with Gasteiger partial charge in [-0.3, -0.25) is 9.59 Å². The smallest absolute Gasteiger partial charge is 0.306 e. The monoisotopic (exact) mass is 651 g/mol. The third-order valence-electron chi connectivity index (χ3n) is 9.06. The molecule has 0 spiro atoms. The Morgan fingerprint density at radius 1 is 0.478 bits per heavy atom. The first kappa shape index (κ1) is 44.6. The second-order valence-electron chi connectivity index (χ2n) is 13.7. The molecule has 0 fully saturated rings. The molecule has 1 atom stereocenters. The molecule has 1 N–H and O–H groups in total. The van der Waals surface area contributed by atoms with Gasteiger partial charge in [-0.1, -0.05) is 180 Å². The van der Waals surface area contributed by atoms with Crippen LogP contribution in [0.25, 0.3) is 0 Å². The summed E-state index contributed by atoms with van der Waals surface area (Å²) in [5.41, 5.74) is 0. The molecular formula is C41H78O5. The first-order chi connectivity index (χ1) is 22.6. The number of hydrogen-bond donors (Lipinski definition) is 1. The van der Waals surface area contributed by atoms with E-state index in [9.17, 15) is 14.7 Å². The van der Waals surface area contributed by atoms with Gasteiger partial charge in [0.2, 0.25) is 0 Å². The number of esters is 2. The molecule has 0 aromatic heterocycles. The molecule has 5 heteroatoms. The number of hydrogen-bond acceptors (Lipinski definition) is 5. The molecule has 0 heterocycles. The first-order valence-corrected chi connectivity index (χ1v) is 20.2. The summed E-state index contributed by atoms with van der Waals surface area (Å²) < 4.78 is 10.6. The fourth-order valence-electron chi connectivity index (χ4n) is 5.96. The van der Waals surface area contributed by atoms with Crippen molar-refractivity contribution in [2.45, 2.75) is 225 Å². The SMILES string of the molecule is CCCCCCC=CCCCCCCCCCC(=O)O[C@@H](CO)COC(=O)CCCCCCCCCCCCCCCCCCC. The molecule has 0 rings (SSSR count). The Morgan fingerprint density at radius 2 is 0.804 bits per heavy atom. The molecule has 0 unspecified atom stereocenters. The molecule has 0 aromatic rings. The van der Waals surface area contributed by atoms with Crippen LogP contribution in [0.2, 0.25) is 0 Å². The second-order valence-corrected chi connectivity index (χ2v) is 13.7. The number of aliphatic hydroxyl groups excluding tert-OH is 1. The lowest BCUT2D eigenvalue weighted by Crippen LogP contribution is -2.28. The number of allylic oxidation sites excluding steroid dienone is 2. The average molecular weight is 651 g/mol. The fourth-order valence-corrected chi connectivity index (χ4v) is 5.96. The van der Waals surface area contributed by atoms with E-state index >= 15 is 0 Å². The molecule has 0 aromatic carbocycles. The van der Waals surface area contributed by atoms with E-state index in [0.717, 1.165) is 32.1 Å². The van der Waals surface area contributed by atoms with Gasteiger partial charge in [0.15, 0.2) is 6.10 Å². The second kappa shape index (κ2) is 38.1. The molecular weight excluding hydrogens is 572 g/mol. The Bertz CT molecular complexity index is 661. The first-order valence-electron chi connectivity index (χ1n) is 20.2. The van der Waals surface area contributed by atoms with Gasteiger partial charge in [-0.15, -0.1) is 0 Å². The molecule has 0 aliphatic carbocycles. The fraction of sp³-hybridized carbons (Fsp3) is 0.902. The summed E-state index contributed by atoms with van der Waals surface area (Å²) in [6.45, 7) is 4.14. The van der Waals surface area contributed by atoms with Crippen LogP contribution in [-0.2, 0) is 19.1 Å². The van der Waals surface area contributed by atoms with Gasteiger partial charge in [-0.05, 0) is 38.5 Å². The Labute approximate surface area is 286 Å². The van der Waals surface area contributed by atoms with Crippen LogP contribution in [0.1, 0.15) is 219 Å². The van der Waals surface area contributed by atoms with Gasteiger partial charge in [0.1, 0.15) is 6.61 Å². The zero-order valence-electron chi connectivity index (χ0n) is 30.9. The largest absolute Gasteiger partial charge is 0.462 e. The summed E-state index contributed by atoms with van der Waals surface area (Å²) in [6, 6.07) is 0. The maximum Gasteiger partial charge on any atom is 0.306 e. The molecule has 5 nitrogen and oxygen atoms in total. The highest BCUT2D eigenvalue weighted by Crippen LogP contribution is 2.15. The van der Waals surface area contributed by atoms with Crippen LogP contribution >= 0.6 is 0 Å².